The summed E-state index contributed by atoms with van der Waals surface area (Å²) >= 11 is 1.61. The molecule has 0 aliphatic carbocycles. The van der Waals surface area contributed by atoms with Crippen molar-refractivity contribution >= 4 is 33.4 Å². The Hall–Kier alpha value is -2.80. The number of amides is 1. The topological polar surface area (TPSA) is 71.6 Å². The Morgan fingerprint density at radius 2 is 1.90 bits per heavy atom. The number of esters is 1. The van der Waals surface area contributed by atoms with Crippen molar-refractivity contribution in [2.75, 3.05) is 26.8 Å². The molecule has 6 nitrogen and oxygen atoms in total. The van der Waals surface area contributed by atoms with Gasteiger partial charge in [0.05, 0.1) is 29.3 Å². The van der Waals surface area contributed by atoms with Crippen LogP contribution in [0.3, 0.4) is 0 Å². The fourth-order valence-electron chi connectivity index (χ4n) is 4.14. The molecule has 7 heteroatoms. The van der Waals surface area contributed by atoms with Crippen molar-refractivity contribution in [3.63, 3.8) is 0 Å². The number of fused-ring (bicyclic) bond motifs is 1. The van der Waals surface area contributed by atoms with Crippen molar-refractivity contribution < 1.29 is 19.1 Å². The molecule has 158 valence electrons. The highest BCUT2D eigenvalue weighted by Gasteiger charge is 2.43. The van der Waals surface area contributed by atoms with Crippen LogP contribution in [0.25, 0.3) is 10.2 Å². The van der Waals surface area contributed by atoms with E-state index in [-0.39, 0.29) is 11.9 Å². The number of H-pyrrole nitrogens is 1. The van der Waals surface area contributed by atoms with E-state index < -0.39 is 5.41 Å². The molecule has 4 rings (SSSR count). The van der Waals surface area contributed by atoms with E-state index in [9.17, 15) is 9.59 Å². The number of thiophene rings is 1. The maximum Gasteiger partial charge on any atom is 0.312 e. The van der Waals surface area contributed by atoms with Crippen molar-refractivity contribution in [1.29, 1.82) is 0 Å². The molecule has 0 unspecified atom stereocenters. The van der Waals surface area contributed by atoms with E-state index >= 15 is 0 Å². The summed E-state index contributed by atoms with van der Waals surface area (Å²) in [4.78, 5) is 30.9. The number of nitrogens with zero attached hydrogens (tertiary/aromatic N) is 1. The Bertz CT molecular complexity index is 1000. The molecule has 1 fully saturated rings. The zero-order chi connectivity index (χ0) is 21.1. The number of likely N-dealkylation sites (tertiary alicyclic amines) is 1. The van der Waals surface area contributed by atoms with E-state index in [1.54, 1.807) is 18.4 Å². The minimum atomic E-state index is -0.614. The molecule has 2 aromatic heterocycles. The summed E-state index contributed by atoms with van der Waals surface area (Å²) in [7, 11) is 1.63. The summed E-state index contributed by atoms with van der Waals surface area (Å²) in [6.45, 7) is 3.24. The molecule has 0 spiro atoms. The number of carbonyl (C=O) groups excluding carboxylic acids is 2. The average Bonchev–Trinajstić information content (AvgIpc) is 3.37. The Kier molecular flexibility index (Phi) is 5.81. The molecule has 1 N–H and O–H groups in total. The first-order valence-corrected chi connectivity index (χ1v) is 11.1. The van der Waals surface area contributed by atoms with Gasteiger partial charge in [-0.15, -0.1) is 11.3 Å². The molecule has 1 saturated heterocycles. The normalized spacial score (nSPS) is 15.9. The maximum atomic E-state index is 13.0. The van der Waals surface area contributed by atoms with Crippen LogP contribution in [0.5, 0.6) is 5.75 Å². The molecular weight excluding hydrogens is 400 g/mol. The zero-order valence-corrected chi connectivity index (χ0v) is 18.1. The lowest BCUT2D eigenvalue weighted by atomic mass is 9.73. The van der Waals surface area contributed by atoms with Crippen molar-refractivity contribution in [3.8, 4) is 5.75 Å². The quantitative estimate of drug-likeness (QED) is 0.598. The van der Waals surface area contributed by atoms with Gasteiger partial charge in [0.2, 0.25) is 0 Å². The minimum Gasteiger partial charge on any atom is -0.497 e. The predicted molar refractivity (Wildman–Crippen MR) is 117 cm³/mol. The standard InChI is InChI=1S/C23H26N2O4S/c1-3-29-22(27)23(15-16-4-6-17(28-2)7-5-16)9-11-25(12-10-23)21(26)19-14-20-18(24-19)8-13-30-20/h4-8,13-14,24H,3,9-12,15H2,1-2H3. The number of methoxy groups -OCH3 is 1. The van der Waals surface area contributed by atoms with Crippen LogP contribution in [-0.2, 0) is 16.0 Å². The van der Waals surface area contributed by atoms with Gasteiger partial charge >= 0.3 is 5.97 Å². The fraction of sp³-hybridized carbons (Fsp3) is 0.391. The molecule has 3 aromatic rings. The first-order chi connectivity index (χ1) is 14.5. The zero-order valence-electron chi connectivity index (χ0n) is 17.3. The molecule has 1 amide bonds. The van der Waals surface area contributed by atoms with Gasteiger partial charge in [-0.1, -0.05) is 12.1 Å². The predicted octanol–water partition coefficient (Wildman–Crippen LogP) is 4.27. The molecule has 3 heterocycles. The van der Waals surface area contributed by atoms with Crippen LogP contribution in [0.1, 0.15) is 35.8 Å². The lowest BCUT2D eigenvalue weighted by molar-refractivity contribution is -0.158. The maximum absolute atomic E-state index is 13.0. The van der Waals surface area contributed by atoms with Gasteiger partial charge in [0.15, 0.2) is 0 Å². The molecule has 1 aliphatic heterocycles. The van der Waals surface area contributed by atoms with Gasteiger partial charge in [-0.2, -0.15) is 0 Å². The van der Waals surface area contributed by atoms with Crippen molar-refractivity contribution in [2.45, 2.75) is 26.2 Å². The van der Waals surface area contributed by atoms with E-state index in [0.29, 0.717) is 44.7 Å². The third kappa shape index (κ3) is 3.94. The Balaban J connectivity index is 1.49. The van der Waals surface area contributed by atoms with Gasteiger partial charge in [0, 0.05) is 13.1 Å². The highest BCUT2D eigenvalue weighted by Crippen LogP contribution is 2.37. The number of carbonyl (C=O) groups is 2. The van der Waals surface area contributed by atoms with Gasteiger partial charge in [0.1, 0.15) is 11.4 Å². The van der Waals surface area contributed by atoms with Crippen LogP contribution in [-0.4, -0.2) is 48.6 Å². The molecule has 0 radical (unpaired) electrons. The van der Waals surface area contributed by atoms with Crippen LogP contribution in [0, 0.1) is 5.41 Å². The lowest BCUT2D eigenvalue weighted by Crippen LogP contribution is -2.48. The lowest BCUT2D eigenvalue weighted by Gasteiger charge is -2.40. The summed E-state index contributed by atoms with van der Waals surface area (Å²) in [5, 5.41) is 2.00. The van der Waals surface area contributed by atoms with E-state index in [4.69, 9.17) is 9.47 Å². The molecule has 30 heavy (non-hydrogen) atoms. The summed E-state index contributed by atoms with van der Waals surface area (Å²) in [6, 6.07) is 11.7. The molecule has 0 saturated carbocycles. The highest BCUT2D eigenvalue weighted by molar-refractivity contribution is 7.17. The third-order valence-corrected chi connectivity index (χ3v) is 6.75. The monoisotopic (exact) mass is 426 g/mol. The molecule has 1 aliphatic rings. The van der Waals surface area contributed by atoms with E-state index in [2.05, 4.69) is 4.98 Å². The van der Waals surface area contributed by atoms with Gasteiger partial charge in [-0.25, -0.2) is 0 Å². The molecule has 0 atom stereocenters. The van der Waals surface area contributed by atoms with Gasteiger partial charge in [0.25, 0.3) is 5.91 Å². The van der Waals surface area contributed by atoms with Crippen LogP contribution >= 0.6 is 11.3 Å². The Labute approximate surface area is 179 Å². The van der Waals surface area contributed by atoms with Crippen molar-refractivity contribution in [1.82, 2.24) is 9.88 Å². The second kappa shape index (κ2) is 8.52. The van der Waals surface area contributed by atoms with E-state index in [0.717, 1.165) is 21.5 Å². The van der Waals surface area contributed by atoms with Gasteiger partial charge in [-0.3, -0.25) is 9.59 Å². The number of nitrogens with one attached hydrogen (secondary N) is 1. The molecular formula is C23H26N2O4S. The average molecular weight is 427 g/mol. The number of hydrogen-bond donors (Lipinski definition) is 1. The van der Waals surface area contributed by atoms with Gasteiger partial charge < -0.3 is 19.4 Å². The first kappa shape index (κ1) is 20.5. The number of aromatic nitrogens is 1. The highest BCUT2D eigenvalue weighted by atomic mass is 32.1. The van der Waals surface area contributed by atoms with Crippen molar-refractivity contribution in [3.05, 3.63) is 53.0 Å². The van der Waals surface area contributed by atoms with Crippen molar-refractivity contribution in [2.24, 2.45) is 5.41 Å². The number of aromatic amines is 1. The number of benzene rings is 1. The minimum absolute atomic E-state index is 0.0136. The van der Waals surface area contributed by atoms with Crippen LogP contribution in [0.4, 0.5) is 0 Å². The SMILES string of the molecule is CCOC(=O)C1(Cc2ccc(OC)cc2)CCN(C(=O)c2cc3sccc3[nH]2)CC1. The van der Waals surface area contributed by atoms with Crippen LogP contribution < -0.4 is 4.74 Å². The second-order valence-corrected chi connectivity index (χ2v) is 8.65. The largest absolute Gasteiger partial charge is 0.497 e. The summed E-state index contributed by atoms with van der Waals surface area (Å²) < 4.78 is 11.7. The number of rotatable bonds is 6. The summed E-state index contributed by atoms with van der Waals surface area (Å²) in [5.74, 6) is 0.601. The second-order valence-electron chi connectivity index (χ2n) is 7.70. The van der Waals surface area contributed by atoms with Crippen LogP contribution in [0.15, 0.2) is 41.8 Å². The molecule has 0 bridgehead atoms. The number of piperidine rings is 1. The number of hydrogen-bond acceptors (Lipinski definition) is 5. The van der Waals surface area contributed by atoms with Gasteiger partial charge in [-0.05, 0) is 61.4 Å². The number of ether oxygens (including phenoxy) is 2. The fourth-order valence-corrected chi connectivity index (χ4v) is 4.93. The van der Waals surface area contributed by atoms with Crippen LogP contribution in [0.2, 0.25) is 0 Å². The summed E-state index contributed by atoms with van der Waals surface area (Å²) in [5.41, 5.74) is 2.04. The van der Waals surface area contributed by atoms with E-state index in [1.165, 1.54) is 0 Å². The van der Waals surface area contributed by atoms with E-state index in [1.807, 2.05) is 53.6 Å². The first-order valence-electron chi connectivity index (χ1n) is 10.2. The third-order valence-electron chi connectivity index (χ3n) is 5.89. The Morgan fingerprint density at radius 3 is 2.53 bits per heavy atom. The summed E-state index contributed by atoms with van der Waals surface area (Å²) in [6.07, 6.45) is 1.76. The Morgan fingerprint density at radius 1 is 1.17 bits per heavy atom. The smallest absolute Gasteiger partial charge is 0.312 e. The molecule has 1 aromatic carbocycles.